The van der Waals surface area contributed by atoms with Crippen LogP contribution in [0.2, 0.25) is 0 Å². The van der Waals surface area contributed by atoms with Gasteiger partial charge < -0.3 is 0 Å². The number of aryl methyl sites for hydroxylation is 2. The van der Waals surface area contributed by atoms with E-state index in [4.69, 9.17) is 0 Å². The third-order valence-electron chi connectivity index (χ3n) is 0.890. The molecule has 0 saturated heterocycles. The van der Waals surface area contributed by atoms with Crippen LogP contribution in [0.3, 0.4) is 0 Å². The molecule has 1 unspecified atom stereocenters. The maximum Gasteiger partial charge on any atom is 0 e. The first-order valence-electron chi connectivity index (χ1n) is 2.33. The Hall–Kier alpha value is 0.663. The van der Waals surface area contributed by atoms with E-state index in [1.807, 2.05) is 0 Å². The van der Waals surface area contributed by atoms with Crippen molar-refractivity contribution >= 4 is 8.19 Å². The average Bonchev–Trinajstić information content (AvgIpc) is 1.87. The van der Waals surface area contributed by atoms with Gasteiger partial charge in [0.05, 0.1) is 0 Å². The molecule has 1 atom stereocenters. The van der Waals surface area contributed by atoms with E-state index in [0.717, 1.165) is 8.19 Å². The second-order valence-electron chi connectivity index (χ2n) is 1.72. The van der Waals surface area contributed by atoms with Crippen LogP contribution in [0.5, 0.6) is 0 Å². The van der Waals surface area contributed by atoms with E-state index in [9.17, 15) is 0 Å². The van der Waals surface area contributed by atoms with Gasteiger partial charge in [-0.3, -0.25) is 0 Å². The van der Waals surface area contributed by atoms with Crippen LogP contribution >= 0.6 is 8.19 Å². The minimum atomic E-state index is 0. The Morgan fingerprint density at radius 2 is 2.12 bits per heavy atom. The molecule has 0 radical (unpaired) electrons. The molecule has 2 heteroatoms. The van der Waals surface area contributed by atoms with Crippen LogP contribution < -0.4 is 0 Å². The van der Waals surface area contributed by atoms with Crippen LogP contribution in [0.4, 0.5) is 0 Å². The maximum absolute atomic E-state index is 3.14. The fraction of sp³-hybridized carbons (Fsp3) is 0.333. The molecular formula is C6H8PZr-. The summed E-state index contributed by atoms with van der Waals surface area (Å²) in [6.07, 6.45) is 0. The van der Waals surface area contributed by atoms with Gasteiger partial charge >= 0.3 is 0 Å². The van der Waals surface area contributed by atoms with Crippen molar-refractivity contribution in [2.45, 2.75) is 13.8 Å². The van der Waals surface area contributed by atoms with Gasteiger partial charge in [-0.15, -0.1) is 12.2 Å². The summed E-state index contributed by atoms with van der Waals surface area (Å²) in [6.45, 7) is 4.26. The fourth-order valence-electron chi connectivity index (χ4n) is 0.584. The van der Waals surface area contributed by atoms with Gasteiger partial charge in [-0.25, -0.2) is 20.3 Å². The van der Waals surface area contributed by atoms with E-state index in [1.165, 1.54) is 10.6 Å². The smallest absolute Gasteiger partial charge is 0 e. The Balaban J connectivity index is 0.000000490. The summed E-state index contributed by atoms with van der Waals surface area (Å²) in [5.41, 5.74) is 0. The van der Waals surface area contributed by atoms with Crippen molar-refractivity contribution in [3.8, 4) is 0 Å². The van der Waals surface area contributed by atoms with E-state index in [-0.39, 0.29) is 26.2 Å². The van der Waals surface area contributed by atoms with Gasteiger partial charge in [0.15, 0.2) is 0 Å². The zero-order valence-corrected chi connectivity index (χ0v) is 8.54. The summed E-state index contributed by atoms with van der Waals surface area (Å²) in [5.74, 6) is 0. The number of hydrogen-bond donors (Lipinski definition) is 0. The molecule has 0 nitrogen and oxygen atoms in total. The molecule has 1 aromatic rings. The van der Waals surface area contributed by atoms with Gasteiger partial charge in [0.1, 0.15) is 0 Å². The second-order valence-corrected chi connectivity index (χ2v) is 3.51. The molecule has 0 aliphatic carbocycles. The Morgan fingerprint density at radius 1 is 1.50 bits per heavy atom. The molecule has 0 bridgehead atoms. The van der Waals surface area contributed by atoms with Gasteiger partial charge in [0.25, 0.3) is 0 Å². The van der Waals surface area contributed by atoms with Crippen LogP contribution in [0.25, 0.3) is 0 Å². The van der Waals surface area contributed by atoms with Crippen LogP contribution in [0.15, 0.2) is 6.07 Å². The maximum atomic E-state index is 3.14. The van der Waals surface area contributed by atoms with Crippen LogP contribution in [-0.2, 0) is 26.2 Å². The SMILES string of the molecule is Cc1[c-]cc(C)[pH]1.[Zr]. The molecule has 0 amide bonds. The van der Waals surface area contributed by atoms with Crippen molar-refractivity contribution in [3.05, 3.63) is 22.7 Å². The molecule has 1 aromatic heterocycles. The van der Waals surface area contributed by atoms with Gasteiger partial charge in [0.2, 0.25) is 0 Å². The molecule has 0 aromatic carbocycles. The Bertz CT molecular complexity index is 141. The largest absolute Gasteiger partial charge is 0.244 e. The molecule has 0 aliphatic rings. The predicted molar refractivity (Wildman–Crippen MR) is 34.3 cm³/mol. The summed E-state index contributed by atoms with van der Waals surface area (Å²) in [6, 6.07) is 5.20. The zero-order valence-electron chi connectivity index (χ0n) is 5.08. The van der Waals surface area contributed by atoms with E-state index in [0.29, 0.717) is 0 Å². The molecule has 42 valence electrons. The normalized spacial score (nSPS) is 9.25. The van der Waals surface area contributed by atoms with Crippen molar-refractivity contribution in [2.24, 2.45) is 0 Å². The van der Waals surface area contributed by atoms with Crippen LogP contribution in [0, 0.1) is 19.9 Å². The van der Waals surface area contributed by atoms with Gasteiger partial charge in [0, 0.05) is 26.2 Å². The third-order valence-corrected chi connectivity index (χ3v) is 1.95. The van der Waals surface area contributed by atoms with Crippen molar-refractivity contribution in [1.29, 1.82) is 0 Å². The molecule has 0 aliphatic heterocycles. The van der Waals surface area contributed by atoms with E-state index in [1.54, 1.807) is 0 Å². The van der Waals surface area contributed by atoms with E-state index in [2.05, 4.69) is 26.0 Å². The molecule has 1 rings (SSSR count). The summed E-state index contributed by atoms with van der Waals surface area (Å²) in [7, 11) is 0.923. The summed E-state index contributed by atoms with van der Waals surface area (Å²) >= 11 is 0. The zero-order chi connectivity index (χ0) is 5.28. The van der Waals surface area contributed by atoms with Crippen LogP contribution in [0.1, 0.15) is 10.6 Å². The van der Waals surface area contributed by atoms with Gasteiger partial charge in [-0.2, -0.15) is 5.30 Å². The minimum absolute atomic E-state index is 0. The van der Waals surface area contributed by atoms with Gasteiger partial charge in [-0.05, 0) is 0 Å². The Morgan fingerprint density at radius 3 is 2.25 bits per heavy atom. The molecule has 0 N–H and O–H groups in total. The van der Waals surface area contributed by atoms with Crippen molar-refractivity contribution in [1.82, 2.24) is 0 Å². The van der Waals surface area contributed by atoms with Crippen molar-refractivity contribution in [2.75, 3.05) is 0 Å². The Labute approximate surface area is 70.9 Å². The third kappa shape index (κ3) is 2.29. The fourth-order valence-corrected chi connectivity index (χ4v) is 1.46. The molecule has 0 spiro atoms. The quantitative estimate of drug-likeness (QED) is 0.565. The first-order chi connectivity index (χ1) is 3.29. The average molecular weight is 202 g/mol. The number of rotatable bonds is 0. The first-order valence-corrected chi connectivity index (χ1v) is 3.33. The first kappa shape index (κ1) is 8.66. The van der Waals surface area contributed by atoms with E-state index >= 15 is 0 Å². The second kappa shape index (κ2) is 3.64. The standard InChI is InChI=1S/C6H8P.Zr/c1-5-3-4-6(2)7-5;/h3,7H,1-2H3;/q-1;. The molecule has 8 heavy (non-hydrogen) atoms. The summed E-state index contributed by atoms with van der Waals surface area (Å²) in [4.78, 5) is 0. The minimum Gasteiger partial charge on any atom is -0.244 e. The molecular weight excluding hydrogens is 194 g/mol. The topological polar surface area (TPSA) is 0 Å². The molecule has 0 saturated carbocycles. The monoisotopic (exact) mass is 201 g/mol. The van der Waals surface area contributed by atoms with Crippen molar-refractivity contribution in [3.63, 3.8) is 0 Å². The number of hydrogen-bond acceptors (Lipinski definition) is 0. The van der Waals surface area contributed by atoms with Crippen LogP contribution in [-0.4, -0.2) is 0 Å². The van der Waals surface area contributed by atoms with Crippen molar-refractivity contribution < 1.29 is 26.2 Å². The Kier molecular flexibility index (Phi) is 3.95. The molecule has 1 heterocycles. The molecule has 0 fully saturated rings. The summed E-state index contributed by atoms with van der Waals surface area (Å²) < 4.78 is 0. The van der Waals surface area contributed by atoms with E-state index < -0.39 is 0 Å². The van der Waals surface area contributed by atoms with Gasteiger partial charge in [-0.1, -0.05) is 6.92 Å². The summed E-state index contributed by atoms with van der Waals surface area (Å²) in [5, 5.41) is 2.84. The predicted octanol–water partition coefficient (Wildman–Crippen LogP) is 2.13.